The standard InChI is InChI=1S/C18H21N3O3/c1-10(22)21(2)17-8-12-7-11(3-6-16(12)24-17)18(23)20-15-9-13-4-5-14(15)19-13/h3,6-8,13-15,19H,4-5,9H2,1-2H3,(H,20,23)/t13-,14+,15-/m1/s1. The lowest BCUT2D eigenvalue weighted by molar-refractivity contribution is -0.116. The van der Waals surface area contributed by atoms with E-state index in [1.165, 1.54) is 18.2 Å². The highest BCUT2D eigenvalue weighted by Gasteiger charge is 2.39. The van der Waals surface area contributed by atoms with Gasteiger partial charge in [-0.2, -0.15) is 0 Å². The van der Waals surface area contributed by atoms with E-state index in [9.17, 15) is 9.59 Å². The number of nitrogens with zero attached hydrogens (tertiary/aromatic N) is 1. The highest BCUT2D eigenvalue weighted by atomic mass is 16.4. The third kappa shape index (κ3) is 2.57. The van der Waals surface area contributed by atoms with E-state index in [1.807, 2.05) is 6.07 Å². The minimum atomic E-state index is -0.101. The second-order valence-electron chi connectivity index (χ2n) is 6.78. The molecule has 6 heteroatoms. The SMILES string of the molecule is CC(=O)N(C)c1cc2cc(C(=O)N[C@@H]3C[C@H]4CC[C@@H]3N4)ccc2o1. The third-order valence-electron chi connectivity index (χ3n) is 5.18. The van der Waals surface area contributed by atoms with Gasteiger partial charge in [0.05, 0.1) is 0 Å². The molecule has 4 rings (SSSR count). The van der Waals surface area contributed by atoms with Gasteiger partial charge in [-0.05, 0) is 37.5 Å². The van der Waals surface area contributed by atoms with Crippen molar-refractivity contribution < 1.29 is 14.0 Å². The molecule has 0 aliphatic carbocycles. The van der Waals surface area contributed by atoms with E-state index in [1.54, 1.807) is 25.2 Å². The van der Waals surface area contributed by atoms with Gasteiger partial charge >= 0.3 is 0 Å². The van der Waals surface area contributed by atoms with Gasteiger partial charge in [-0.1, -0.05) is 0 Å². The molecule has 0 spiro atoms. The van der Waals surface area contributed by atoms with E-state index >= 15 is 0 Å². The van der Waals surface area contributed by atoms with Crippen LogP contribution in [0, 0.1) is 0 Å². The summed E-state index contributed by atoms with van der Waals surface area (Å²) >= 11 is 0. The zero-order valence-corrected chi connectivity index (χ0v) is 13.8. The van der Waals surface area contributed by atoms with Crippen molar-refractivity contribution in [2.24, 2.45) is 0 Å². The largest absolute Gasteiger partial charge is 0.440 e. The van der Waals surface area contributed by atoms with Crippen molar-refractivity contribution in [3.05, 3.63) is 29.8 Å². The van der Waals surface area contributed by atoms with Crippen molar-refractivity contribution in [1.29, 1.82) is 0 Å². The van der Waals surface area contributed by atoms with Crippen LogP contribution in [0.3, 0.4) is 0 Å². The van der Waals surface area contributed by atoms with E-state index in [2.05, 4.69) is 10.6 Å². The predicted molar refractivity (Wildman–Crippen MR) is 91.1 cm³/mol. The summed E-state index contributed by atoms with van der Waals surface area (Å²) < 4.78 is 5.66. The number of fused-ring (bicyclic) bond motifs is 3. The molecule has 2 aromatic rings. The molecule has 2 amide bonds. The van der Waals surface area contributed by atoms with Gasteiger partial charge in [-0.25, -0.2) is 0 Å². The van der Waals surface area contributed by atoms with Crippen LogP contribution < -0.4 is 15.5 Å². The molecule has 2 saturated heterocycles. The summed E-state index contributed by atoms with van der Waals surface area (Å²) in [7, 11) is 1.66. The smallest absolute Gasteiger partial charge is 0.251 e. The minimum absolute atomic E-state index is 0.0566. The van der Waals surface area contributed by atoms with Gasteiger partial charge in [0.2, 0.25) is 11.8 Å². The number of benzene rings is 1. The molecule has 126 valence electrons. The number of nitrogens with one attached hydrogen (secondary N) is 2. The van der Waals surface area contributed by atoms with E-state index in [4.69, 9.17) is 4.42 Å². The molecule has 2 aliphatic rings. The number of hydrogen-bond acceptors (Lipinski definition) is 4. The Morgan fingerprint density at radius 1 is 1.29 bits per heavy atom. The first-order valence-electron chi connectivity index (χ1n) is 8.36. The Labute approximate surface area is 140 Å². The predicted octanol–water partition coefficient (Wildman–Crippen LogP) is 2.04. The Kier molecular flexibility index (Phi) is 3.57. The van der Waals surface area contributed by atoms with Crippen LogP contribution in [0.5, 0.6) is 0 Å². The molecule has 2 N–H and O–H groups in total. The van der Waals surface area contributed by atoms with Crippen molar-refractivity contribution >= 4 is 28.7 Å². The van der Waals surface area contributed by atoms with Crippen molar-refractivity contribution in [2.45, 2.75) is 44.3 Å². The van der Waals surface area contributed by atoms with E-state index in [0.29, 0.717) is 29.1 Å². The average molecular weight is 327 g/mol. The van der Waals surface area contributed by atoms with Gasteiger partial charge in [0, 0.05) is 49.1 Å². The van der Waals surface area contributed by atoms with Crippen molar-refractivity contribution in [1.82, 2.24) is 10.6 Å². The van der Waals surface area contributed by atoms with E-state index in [0.717, 1.165) is 18.2 Å². The van der Waals surface area contributed by atoms with Crippen LogP contribution in [-0.2, 0) is 4.79 Å². The first kappa shape index (κ1) is 15.2. The summed E-state index contributed by atoms with van der Waals surface area (Å²) in [4.78, 5) is 25.4. The third-order valence-corrected chi connectivity index (χ3v) is 5.18. The zero-order valence-electron chi connectivity index (χ0n) is 13.8. The summed E-state index contributed by atoms with van der Waals surface area (Å²) in [5, 5.41) is 7.48. The summed E-state index contributed by atoms with van der Waals surface area (Å²) in [5.41, 5.74) is 1.28. The number of carbonyl (C=O) groups is 2. The van der Waals surface area contributed by atoms with E-state index < -0.39 is 0 Å². The lowest BCUT2D eigenvalue weighted by Gasteiger charge is -2.21. The lowest BCUT2D eigenvalue weighted by atomic mass is 9.95. The lowest BCUT2D eigenvalue weighted by Crippen LogP contribution is -2.42. The Bertz CT molecular complexity index is 813. The van der Waals surface area contributed by atoms with Crippen LogP contribution in [0.4, 0.5) is 5.88 Å². The second-order valence-corrected chi connectivity index (χ2v) is 6.78. The molecule has 2 fully saturated rings. The Morgan fingerprint density at radius 3 is 2.79 bits per heavy atom. The highest BCUT2D eigenvalue weighted by Crippen LogP contribution is 2.29. The normalized spacial score (nSPS) is 25.2. The fraction of sp³-hybridized carbons (Fsp3) is 0.444. The van der Waals surface area contributed by atoms with Crippen molar-refractivity contribution in [3.8, 4) is 0 Å². The first-order chi connectivity index (χ1) is 11.5. The maximum absolute atomic E-state index is 12.5. The van der Waals surface area contributed by atoms with Gasteiger partial charge < -0.3 is 15.1 Å². The molecule has 2 bridgehead atoms. The molecule has 3 heterocycles. The maximum Gasteiger partial charge on any atom is 0.251 e. The molecular formula is C18H21N3O3. The van der Waals surface area contributed by atoms with Crippen LogP contribution in [0.2, 0.25) is 0 Å². The van der Waals surface area contributed by atoms with Gasteiger partial charge in [-0.15, -0.1) is 0 Å². The molecule has 1 aromatic heterocycles. The number of amides is 2. The number of carbonyl (C=O) groups excluding carboxylic acids is 2. The van der Waals surface area contributed by atoms with Gasteiger partial charge in [0.15, 0.2) is 0 Å². The van der Waals surface area contributed by atoms with Crippen molar-refractivity contribution in [3.63, 3.8) is 0 Å². The van der Waals surface area contributed by atoms with Gasteiger partial charge in [-0.3, -0.25) is 14.5 Å². The highest BCUT2D eigenvalue weighted by molar-refractivity contribution is 5.99. The monoisotopic (exact) mass is 327 g/mol. The van der Waals surface area contributed by atoms with Gasteiger partial charge in [0.1, 0.15) is 5.58 Å². The Morgan fingerprint density at radius 2 is 2.12 bits per heavy atom. The van der Waals surface area contributed by atoms with Crippen LogP contribution in [0.15, 0.2) is 28.7 Å². The molecule has 3 atom stereocenters. The van der Waals surface area contributed by atoms with Crippen molar-refractivity contribution in [2.75, 3.05) is 11.9 Å². The molecule has 2 aliphatic heterocycles. The molecule has 0 radical (unpaired) electrons. The van der Waals surface area contributed by atoms with Crippen LogP contribution >= 0.6 is 0 Å². The minimum Gasteiger partial charge on any atom is -0.440 e. The Balaban J connectivity index is 1.53. The molecular weight excluding hydrogens is 306 g/mol. The van der Waals surface area contributed by atoms with Gasteiger partial charge in [0.25, 0.3) is 5.91 Å². The number of anilines is 1. The fourth-order valence-corrected chi connectivity index (χ4v) is 3.73. The number of rotatable bonds is 3. The average Bonchev–Trinajstić information content (AvgIpc) is 3.27. The molecule has 1 aromatic carbocycles. The topological polar surface area (TPSA) is 74.6 Å². The Hall–Kier alpha value is -2.34. The first-order valence-corrected chi connectivity index (χ1v) is 8.36. The van der Waals surface area contributed by atoms with Crippen LogP contribution in [0.1, 0.15) is 36.5 Å². The zero-order chi connectivity index (χ0) is 16.8. The summed E-state index contributed by atoms with van der Waals surface area (Å²) in [5.74, 6) is 0.321. The maximum atomic E-state index is 12.5. The summed E-state index contributed by atoms with van der Waals surface area (Å²) in [6.07, 6.45) is 3.36. The van der Waals surface area contributed by atoms with E-state index in [-0.39, 0.29) is 17.9 Å². The van der Waals surface area contributed by atoms with Crippen LogP contribution in [-0.4, -0.2) is 37.0 Å². The second kappa shape index (κ2) is 5.63. The summed E-state index contributed by atoms with van der Waals surface area (Å²) in [6.45, 7) is 1.48. The summed E-state index contributed by atoms with van der Waals surface area (Å²) in [6, 6.07) is 8.32. The molecule has 0 unspecified atom stereocenters. The molecule has 0 saturated carbocycles. The number of hydrogen-bond donors (Lipinski definition) is 2. The molecule has 6 nitrogen and oxygen atoms in total. The number of furan rings is 1. The quantitative estimate of drug-likeness (QED) is 0.905. The van der Waals surface area contributed by atoms with Crippen LogP contribution in [0.25, 0.3) is 11.0 Å². The molecule has 24 heavy (non-hydrogen) atoms. The fourth-order valence-electron chi connectivity index (χ4n) is 3.73.